The van der Waals surface area contributed by atoms with Crippen LogP contribution in [0.5, 0.6) is 0 Å². The molecule has 37 heavy (non-hydrogen) atoms. The Morgan fingerprint density at radius 1 is 1.08 bits per heavy atom. The van der Waals surface area contributed by atoms with Crippen molar-refractivity contribution in [3.63, 3.8) is 0 Å². The van der Waals surface area contributed by atoms with Crippen molar-refractivity contribution in [1.29, 1.82) is 0 Å². The molecule has 0 bridgehead atoms. The summed E-state index contributed by atoms with van der Waals surface area (Å²) >= 11 is 0. The van der Waals surface area contributed by atoms with Crippen LogP contribution in [0.15, 0.2) is 65.8 Å². The van der Waals surface area contributed by atoms with E-state index in [9.17, 15) is 19.6 Å². The van der Waals surface area contributed by atoms with Gasteiger partial charge in [-0.25, -0.2) is 0 Å². The van der Waals surface area contributed by atoms with Gasteiger partial charge in [0, 0.05) is 37.0 Å². The fourth-order valence-corrected chi connectivity index (χ4v) is 4.57. The summed E-state index contributed by atoms with van der Waals surface area (Å²) in [5.74, 6) is -1.38. The minimum atomic E-state index is -1.74. The van der Waals surface area contributed by atoms with Gasteiger partial charge in [0.05, 0.1) is 5.94 Å². The van der Waals surface area contributed by atoms with E-state index in [4.69, 9.17) is 5.53 Å². The van der Waals surface area contributed by atoms with Crippen molar-refractivity contribution in [1.82, 2.24) is 15.5 Å². The van der Waals surface area contributed by atoms with Gasteiger partial charge in [-0.15, -0.1) is 0 Å². The number of likely N-dealkylation sites (tertiary alicyclic amines) is 1. The van der Waals surface area contributed by atoms with Gasteiger partial charge in [-0.05, 0) is 42.3 Å². The van der Waals surface area contributed by atoms with Crippen LogP contribution < -0.4 is 10.6 Å². The molecule has 1 saturated heterocycles. The van der Waals surface area contributed by atoms with E-state index in [-0.39, 0.29) is 18.4 Å². The molecule has 196 valence electrons. The van der Waals surface area contributed by atoms with Gasteiger partial charge in [0.15, 0.2) is 0 Å². The highest BCUT2D eigenvalue weighted by Crippen LogP contribution is 2.21. The molecule has 2 aromatic rings. The normalized spacial score (nSPS) is 17.6. The number of hydrogen-bond donors (Lipinski definition) is 4. The Kier molecular flexibility index (Phi) is 11.4. The highest BCUT2D eigenvalue weighted by atomic mass is 16.4. The van der Waals surface area contributed by atoms with E-state index in [0.717, 1.165) is 11.1 Å². The van der Waals surface area contributed by atoms with E-state index in [1.165, 1.54) is 0 Å². The predicted molar refractivity (Wildman–Crippen MR) is 142 cm³/mol. The van der Waals surface area contributed by atoms with E-state index in [1.807, 2.05) is 60.7 Å². The minimum absolute atomic E-state index is 0.0713. The first-order valence-electron chi connectivity index (χ1n) is 12.8. The van der Waals surface area contributed by atoms with E-state index in [2.05, 4.69) is 20.7 Å². The predicted octanol–water partition coefficient (Wildman–Crippen LogP) is 2.36. The van der Waals surface area contributed by atoms with E-state index >= 15 is 0 Å². The maximum Gasteiger partial charge on any atom is 0.475 e. The number of carbonyl (C=O) groups excluding carboxylic acids is 2. The lowest BCUT2D eigenvalue weighted by atomic mass is 9.76. The van der Waals surface area contributed by atoms with Crippen LogP contribution in [0, 0.1) is 0 Å². The fourth-order valence-electron chi connectivity index (χ4n) is 4.57. The number of rotatable bonds is 14. The van der Waals surface area contributed by atoms with Crippen LogP contribution >= 0.6 is 0 Å². The molecule has 0 spiro atoms. The maximum atomic E-state index is 13.3. The molecule has 1 aliphatic heterocycles. The van der Waals surface area contributed by atoms with Gasteiger partial charge in [-0.3, -0.25) is 9.59 Å². The Balaban J connectivity index is 1.64. The maximum absolute atomic E-state index is 13.3. The second-order valence-electron chi connectivity index (χ2n) is 9.33. The highest BCUT2D eigenvalue weighted by molar-refractivity contribution is 6.43. The van der Waals surface area contributed by atoms with Crippen molar-refractivity contribution >= 4 is 18.9 Å². The number of nitrogens with zero attached hydrogens (tertiary/aromatic N) is 4. The molecule has 10 nitrogen and oxygen atoms in total. The summed E-state index contributed by atoms with van der Waals surface area (Å²) < 4.78 is 0. The van der Waals surface area contributed by atoms with Gasteiger partial charge < -0.3 is 25.6 Å². The molecule has 3 atom stereocenters. The van der Waals surface area contributed by atoms with Gasteiger partial charge in [0.25, 0.3) is 0 Å². The Morgan fingerprint density at radius 2 is 1.76 bits per heavy atom. The molecule has 11 heteroatoms. The number of unbranched alkanes of at least 4 members (excludes halogenated alkanes) is 1. The molecule has 1 fully saturated rings. The van der Waals surface area contributed by atoms with Crippen LogP contribution in [0.2, 0.25) is 0 Å². The third-order valence-corrected chi connectivity index (χ3v) is 6.61. The summed E-state index contributed by atoms with van der Waals surface area (Å²) in [7, 11) is -1.74. The average Bonchev–Trinajstić information content (AvgIpc) is 3.35. The van der Waals surface area contributed by atoms with Crippen molar-refractivity contribution in [2.45, 2.75) is 63.1 Å². The second kappa shape index (κ2) is 15.0. The van der Waals surface area contributed by atoms with Crippen molar-refractivity contribution in [2.75, 3.05) is 13.1 Å². The zero-order valence-electron chi connectivity index (χ0n) is 20.9. The summed E-state index contributed by atoms with van der Waals surface area (Å²) in [4.78, 5) is 30.8. The number of hydrogen-bond acceptors (Lipinski definition) is 6. The van der Waals surface area contributed by atoms with Crippen LogP contribution in [0.1, 0.15) is 43.2 Å². The molecule has 0 radical (unpaired) electrons. The van der Waals surface area contributed by atoms with Crippen LogP contribution in [0.3, 0.4) is 0 Å². The standard InChI is InChI=1S/C26H35BN6O4/c28-32-30-16-8-7-13-24(27(36)37)31-26(35)23-17-22(29-18-21-11-5-2-6-12-21)19-33(23)25(34)15-14-20-9-3-1-4-10-20/h1-6,9-12,22-24,29,36-37H,7-8,13-19H2,(H,31,35)/t22-,23+,24+/m1/s1. The molecule has 0 unspecified atom stereocenters. The van der Waals surface area contributed by atoms with Crippen LogP contribution in [0.4, 0.5) is 0 Å². The van der Waals surface area contributed by atoms with Gasteiger partial charge in [0.2, 0.25) is 11.8 Å². The molecule has 4 N–H and O–H groups in total. The molecule has 0 saturated carbocycles. The van der Waals surface area contributed by atoms with Crippen LogP contribution in [-0.2, 0) is 22.6 Å². The first-order valence-corrected chi connectivity index (χ1v) is 12.8. The molecular weight excluding hydrogens is 471 g/mol. The Hall–Kier alpha value is -3.37. The Morgan fingerprint density at radius 3 is 2.41 bits per heavy atom. The number of amides is 2. The SMILES string of the molecule is [N-]=[N+]=NCCCC[C@H](NC(=O)[C@@H]1C[C@@H](NCc2ccccc2)CN1C(=O)CCc1ccccc1)B(O)O. The van der Waals surface area contributed by atoms with Gasteiger partial charge in [0.1, 0.15) is 6.04 Å². The fraction of sp³-hybridized carbons (Fsp3) is 0.462. The molecule has 1 aliphatic rings. The summed E-state index contributed by atoms with van der Waals surface area (Å²) in [5.41, 5.74) is 10.6. The quantitative estimate of drug-likeness (QED) is 0.102. The summed E-state index contributed by atoms with van der Waals surface area (Å²) in [5, 5.41) is 29.3. The smallest absolute Gasteiger partial charge is 0.426 e. The summed E-state index contributed by atoms with van der Waals surface area (Å²) in [6.07, 6.45) is 2.73. The lowest BCUT2D eigenvalue weighted by molar-refractivity contribution is -0.138. The molecule has 2 aromatic carbocycles. The molecule has 0 aliphatic carbocycles. The first kappa shape index (κ1) is 28.2. The Labute approximate surface area is 217 Å². The second-order valence-corrected chi connectivity index (χ2v) is 9.33. The largest absolute Gasteiger partial charge is 0.475 e. The monoisotopic (exact) mass is 506 g/mol. The zero-order valence-corrected chi connectivity index (χ0v) is 20.9. The van der Waals surface area contributed by atoms with Gasteiger partial charge in [-0.2, -0.15) is 0 Å². The van der Waals surface area contributed by atoms with Crippen LogP contribution in [-0.4, -0.2) is 65.0 Å². The topological polar surface area (TPSA) is 151 Å². The molecular formula is C26H35BN6O4. The van der Waals surface area contributed by atoms with Gasteiger partial charge >= 0.3 is 7.12 Å². The summed E-state index contributed by atoms with van der Waals surface area (Å²) in [6.45, 7) is 1.33. The number of aryl methyl sites for hydroxylation is 1. The number of azide groups is 1. The lowest BCUT2D eigenvalue weighted by Crippen LogP contribution is -2.53. The molecule has 2 amide bonds. The number of carbonyl (C=O) groups is 2. The Bertz CT molecular complexity index is 1040. The number of nitrogens with one attached hydrogen (secondary N) is 2. The average molecular weight is 506 g/mol. The molecule has 1 heterocycles. The van der Waals surface area contributed by atoms with Crippen molar-refractivity contribution in [3.05, 3.63) is 82.2 Å². The minimum Gasteiger partial charge on any atom is -0.426 e. The van der Waals surface area contributed by atoms with Crippen molar-refractivity contribution in [3.8, 4) is 0 Å². The first-order chi connectivity index (χ1) is 18.0. The third-order valence-electron chi connectivity index (χ3n) is 6.61. The third kappa shape index (κ3) is 9.22. The van der Waals surface area contributed by atoms with Crippen molar-refractivity contribution < 1.29 is 19.6 Å². The van der Waals surface area contributed by atoms with E-state index < -0.39 is 25.0 Å². The van der Waals surface area contributed by atoms with Crippen LogP contribution in [0.25, 0.3) is 10.4 Å². The molecule has 3 rings (SSSR count). The lowest BCUT2D eigenvalue weighted by Gasteiger charge is -2.26. The number of benzene rings is 2. The van der Waals surface area contributed by atoms with Crippen molar-refractivity contribution in [2.24, 2.45) is 5.11 Å². The summed E-state index contributed by atoms with van der Waals surface area (Å²) in [6, 6.07) is 18.9. The van der Waals surface area contributed by atoms with Gasteiger partial charge in [-0.1, -0.05) is 72.2 Å². The zero-order chi connectivity index (χ0) is 26.5. The van der Waals surface area contributed by atoms with E-state index in [1.54, 1.807) is 4.90 Å². The highest BCUT2D eigenvalue weighted by Gasteiger charge is 2.40. The van der Waals surface area contributed by atoms with E-state index in [0.29, 0.717) is 51.7 Å². The molecule has 0 aromatic heterocycles.